The van der Waals surface area contributed by atoms with Crippen LogP contribution in [0.2, 0.25) is 0 Å². The highest BCUT2D eigenvalue weighted by atomic mass is 16.5. The molecule has 6 heteroatoms. The number of nitrogens with zero attached hydrogens (tertiary/aromatic N) is 2. The van der Waals surface area contributed by atoms with Gasteiger partial charge in [0, 0.05) is 30.7 Å². The SMILES string of the molecule is COc1ncccc1C(=O)NCc1ccc(OCc2cccnc2)cc1. The third-order valence-corrected chi connectivity index (χ3v) is 3.71. The lowest BCUT2D eigenvalue weighted by Gasteiger charge is -2.09. The molecule has 1 aromatic carbocycles. The fraction of sp³-hybridized carbons (Fsp3) is 0.150. The minimum atomic E-state index is -0.230. The predicted molar refractivity (Wildman–Crippen MR) is 97.0 cm³/mol. The smallest absolute Gasteiger partial charge is 0.257 e. The van der Waals surface area contributed by atoms with Gasteiger partial charge in [-0.3, -0.25) is 9.78 Å². The van der Waals surface area contributed by atoms with Crippen molar-refractivity contribution in [1.29, 1.82) is 0 Å². The zero-order valence-corrected chi connectivity index (χ0v) is 14.4. The van der Waals surface area contributed by atoms with Crippen LogP contribution in [0.3, 0.4) is 0 Å². The molecule has 1 N–H and O–H groups in total. The van der Waals surface area contributed by atoms with E-state index in [1.54, 1.807) is 30.7 Å². The van der Waals surface area contributed by atoms with E-state index in [1.165, 1.54) is 7.11 Å². The van der Waals surface area contributed by atoms with Crippen LogP contribution >= 0.6 is 0 Å². The lowest BCUT2D eigenvalue weighted by Crippen LogP contribution is -2.23. The molecule has 0 aliphatic heterocycles. The minimum absolute atomic E-state index is 0.230. The number of aromatic nitrogens is 2. The molecule has 2 aromatic heterocycles. The van der Waals surface area contributed by atoms with Gasteiger partial charge in [0.15, 0.2) is 0 Å². The molecule has 0 spiro atoms. The van der Waals surface area contributed by atoms with Crippen LogP contribution in [-0.4, -0.2) is 23.0 Å². The second kappa shape index (κ2) is 8.62. The van der Waals surface area contributed by atoms with E-state index in [1.807, 2.05) is 36.4 Å². The molecule has 6 nitrogen and oxygen atoms in total. The molecule has 0 radical (unpaired) electrons. The quantitative estimate of drug-likeness (QED) is 0.710. The number of ether oxygens (including phenoxy) is 2. The summed E-state index contributed by atoms with van der Waals surface area (Å²) in [4.78, 5) is 20.3. The molecule has 0 saturated heterocycles. The number of carbonyl (C=O) groups is 1. The van der Waals surface area contributed by atoms with Crippen LogP contribution in [0.15, 0.2) is 67.1 Å². The second-order valence-electron chi connectivity index (χ2n) is 5.54. The third kappa shape index (κ3) is 4.57. The Labute approximate surface area is 151 Å². The fourth-order valence-electron chi connectivity index (χ4n) is 2.36. The molecule has 0 aliphatic rings. The molecule has 0 saturated carbocycles. The normalized spacial score (nSPS) is 10.2. The standard InChI is InChI=1S/C20H19N3O3/c1-25-20-18(5-3-11-22-20)19(24)23-13-15-6-8-17(9-7-15)26-14-16-4-2-10-21-12-16/h2-12H,13-14H2,1H3,(H,23,24). The molecule has 3 rings (SSSR count). The average Bonchev–Trinajstić information content (AvgIpc) is 2.72. The molecular formula is C20H19N3O3. The Morgan fingerprint density at radius 1 is 1.04 bits per heavy atom. The van der Waals surface area contributed by atoms with E-state index in [2.05, 4.69) is 15.3 Å². The first-order chi connectivity index (χ1) is 12.8. The number of amides is 1. The Bertz CT molecular complexity index is 852. The summed E-state index contributed by atoms with van der Waals surface area (Å²) in [5.74, 6) is 0.842. The molecule has 2 heterocycles. The number of pyridine rings is 2. The van der Waals surface area contributed by atoms with Gasteiger partial charge in [-0.1, -0.05) is 18.2 Å². The Morgan fingerprint density at radius 2 is 1.85 bits per heavy atom. The first-order valence-corrected chi connectivity index (χ1v) is 8.14. The average molecular weight is 349 g/mol. The minimum Gasteiger partial charge on any atom is -0.489 e. The highest BCUT2D eigenvalue weighted by molar-refractivity contribution is 5.96. The third-order valence-electron chi connectivity index (χ3n) is 3.71. The predicted octanol–water partition coefficient (Wildman–Crippen LogP) is 2.99. The Hall–Kier alpha value is -3.41. The molecule has 0 bridgehead atoms. The number of nitrogens with one attached hydrogen (secondary N) is 1. The van der Waals surface area contributed by atoms with Gasteiger partial charge < -0.3 is 14.8 Å². The van der Waals surface area contributed by atoms with Crippen molar-refractivity contribution in [1.82, 2.24) is 15.3 Å². The van der Waals surface area contributed by atoms with Gasteiger partial charge in [0.25, 0.3) is 5.91 Å². The first-order valence-electron chi connectivity index (χ1n) is 8.14. The number of rotatable bonds is 7. The summed E-state index contributed by atoms with van der Waals surface area (Å²) in [6.45, 7) is 0.866. The van der Waals surface area contributed by atoms with Crippen molar-refractivity contribution in [2.75, 3.05) is 7.11 Å². The van der Waals surface area contributed by atoms with Gasteiger partial charge in [0.1, 0.15) is 17.9 Å². The topological polar surface area (TPSA) is 73.3 Å². The molecule has 1 amide bonds. The summed E-state index contributed by atoms with van der Waals surface area (Å²) in [5.41, 5.74) is 2.38. The van der Waals surface area contributed by atoms with Crippen LogP contribution in [0.5, 0.6) is 11.6 Å². The zero-order valence-electron chi connectivity index (χ0n) is 14.4. The Morgan fingerprint density at radius 3 is 2.58 bits per heavy atom. The maximum absolute atomic E-state index is 12.3. The molecule has 3 aromatic rings. The van der Waals surface area contributed by atoms with Crippen LogP contribution in [0.1, 0.15) is 21.5 Å². The fourth-order valence-corrected chi connectivity index (χ4v) is 2.36. The van der Waals surface area contributed by atoms with Gasteiger partial charge in [-0.15, -0.1) is 0 Å². The molecule has 0 atom stereocenters. The van der Waals surface area contributed by atoms with Crippen LogP contribution in [0.4, 0.5) is 0 Å². The molecule has 0 unspecified atom stereocenters. The number of hydrogen-bond donors (Lipinski definition) is 1. The molecular weight excluding hydrogens is 330 g/mol. The molecule has 132 valence electrons. The van der Waals surface area contributed by atoms with Gasteiger partial charge in [-0.05, 0) is 35.9 Å². The van der Waals surface area contributed by atoms with Crippen molar-refractivity contribution in [3.05, 3.63) is 83.8 Å². The number of carbonyl (C=O) groups excluding carboxylic acids is 1. The van der Waals surface area contributed by atoms with Crippen LogP contribution in [0, 0.1) is 0 Å². The highest BCUT2D eigenvalue weighted by Gasteiger charge is 2.12. The van der Waals surface area contributed by atoms with Gasteiger partial charge in [-0.25, -0.2) is 4.98 Å². The van der Waals surface area contributed by atoms with Gasteiger partial charge in [0.2, 0.25) is 5.88 Å². The lowest BCUT2D eigenvalue weighted by molar-refractivity contribution is 0.0947. The van der Waals surface area contributed by atoms with E-state index in [0.717, 1.165) is 16.9 Å². The summed E-state index contributed by atoms with van der Waals surface area (Å²) >= 11 is 0. The van der Waals surface area contributed by atoms with Crippen molar-refractivity contribution < 1.29 is 14.3 Å². The zero-order chi connectivity index (χ0) is 18.2. The van der Waals surface area contributed by atoms with E-state index < -0.39 is 0 Å². The van der Waals surface area contributed by atoms with Gasteiger partial charge >= 0.3 is 0 Å². The number of methoxy groups -OCH3 is 1. The molecule has 0 aliphatic carbocycles. The molecule has 0 fully saturated rings. The lowest BCUT2D eigenvalue weighted by atomic mass is 10.2. The van der Waals surface area contributed by atoms with E-state index >= 15 is 0 Å². The largest absolute Gasteiger partial charge is 0.489 e. The maximum atomic E-state index is 12.3. The Kier molecular flexibility index (Phi) is 5.77. The summed E-state index contributed by atoms with van der Waals surface area (Å²) in [5, 5.41) is 2.86. The first kappa shape index (κ1) is 17.4. The van der Waals surface area contributed by atoms with E-state index in [4.69, 9.17) is 9.47 Å². The Balaban J connectivity index is 1.53. The van der Waals surface area contributed by atoms with E-state index in [0.29, 0.717) is 24.6 Å². The highest BCUT2D eigenvalue weighted by Crippen LogP contribution is 2.15. The van der Waals surface area contributed by atoms with Gasteiger partial charge in [-0.2, -0.15) is 0 Å². The van der Waals surface area contributed by atoms with E-state index in [9.17, 15) is 4.79 Å². The van der Waals surface area contributed by atoms with Crippen LogP contribution in [0.25, 0.3) is 0 Å². The van der Waals surface area contributed by atoms with Crippen molar-refractivity contribution in [2.24, 2.45) is 0 Å². The van der Waals surface area contributed by atoms with Gasteiger partial charge in [0.05, 0.1) is 7.11 Å². The second-order valence-corrected chi connectivity index (χ2v) is 5.54. The van der Waals surface area contributed by atoms with Crippen LogP contribution in [-0.2, 0) is 13.2 Å². The van der Waals surface area contributed by atoms with Crippen molar-refractivity contribution >= 4 is 5.91 Å². The molecule has 26 heavy (non-hydrogen) atoms. The monoisotopic (exact) mass is 349 g/mol. The number of hydrogen-bond acceptors (Lipinski definition) is 5. The van der Waals surface area contributed by atoms with Crippen molar-refractivity contribution in [3.8, 4) is 11.6 Å². The van der Waals surface area contributed by atoms with Crippen molar-refractivity contribution in [3.63, 3.8) is 0 Å². The summed E-state index contributed by atoms with van der Waals surface area (Å²) in [6.07, 6.45) is 5.09. The summed E-state index contributed by atoms with van der Waals surface area (Å²) in [6, 6.07) is 14.8. The van der Waals surface area contributed by atoms with E-state index in [-0.39, 0.29) is 5.91 Å². The maximum Gasteiger partial charge on any atom is 0.257 e. The van der Waals surface area contributed by atoms with Crippen LogP contribution < -0.4 is 14.8 Å². The summed E-state index contributed by atoms with van der Waals surface area (Å²) < 4.78 is 10.8. The summed E-state index contributed by atoms with van der Waals surface area (Å²) in [7, 11) is 1.49. The number of benzene rings is 1. The van der Waals surface area contributed by atoms with Crippen molar-refractivity contribution in [2.45, 2.75) is 13.2 Å².